The summed E-state index contributed by atoms with van der Waals surface area (Å²) in [4.78, 5) is 13.6. The van der Waals surface area contributed by atoms with E-state index in [0.717, 1.165) is 3.57 Å². The van der Waals surface area contributed by atoms with E-state index in [4.69, 9.17) is 12.2 Å². The van der Waals surface area contributed by atoms with Gasteiger partial charge in [0.1, 0.15) is 0 Å². The molecule has 1 aromatic carbocycles. The first-order valence-corrected chi connectivity index (χ1v) is 8.09. The van der Waals surface area contributed by atoms with Crippen LogP contribution in [0.2, 0.25) is 0 Å². The van der Waals surface area contributed by atoms with Gasteiger partial charge in [-0.05, 0) is 58.1 Å². The fourth-order valence-electron chi connectivity index (χ4n) is 1.65. The molecule has 22 heavy (non-hydrogen) atoms. The van der Waals surface area contributed by atoms with Gasteiger partial charge in [-0.2, -0.15) is 4.80 Å². The van der Waals surface area contributed by atoms with E-state index in [1.807, 2.05) is 12.1 Å². The molecule has 2 aromatic rings. The quantitative estimate of drug-likeness (QED) is 0.571. The lowest BCUT2D eigenvalue weighted by Gasteiger charge is -2.07. The van der Waals surface area contributed by atoms with E-state index >= 15 is 0 Å². The van der Waals surface area contributed by atoms with Crippen LogP contribution in [-0.2, 0) is 6.54 Å². The molecule has 0 aliphatic carbocycles. The maximum absolute atomic E-state index is 12.1. The van der Waals surface area contributed by atoms with Gasteiger partial charge < -0.3 is 0 Å². The van der Waals surface area contributed by atoms with E-state index in [0.29, 0.717) is 18.0 Å². The Kier molecular flexibility index (Phi) is 5.77. The van der Waals surface area contributed by atoms with Crippen molar-refractivity contribution in [3.05, 3.63) is 33.4 Å². The molecule has 0 radical (unpaired) electrons. The van der Waals surface area contributed by atoms with Crippen LogP contribution in [0.1, 0.15) is 24.2 Å². The number of halogens is 1. The van der Waals surface area contributed by atoms with Gasteiger partial charge in [-0.3, -0.25) is 15.4 Å². The van der Waals surface area contributed by atoms with Crippen molar-refractivity contribution in [3.63, 3.8) is 0 Å². The Bertz CT molecular complexity index is 687. The minimum Gasteiger partial charge on any atom is -0.299 e. The van der Waals surface area contributed by atoms with Crippen LogP contribution < -0.4 is 10.6 Å². The molecule has 0 bridgehead atoms. The maximum atomic E-state index is 12.1. The van der Waals surface area contributed by atoms with E-state index in [2.05, 4.69) is 62.5 Å². The highest BCUT2D eigenvalue weighted by Gasteiger charge is 2.12. The fourth-order valence-corrected chi connectivity index (χ4v) is 2.46. The Morgan fingerprint density at radius 3 is 2.82 bits per heavy atom. The summed E-state index contributed by atoms with van der Waals surface area (Å²) in [5, 5.41) is 17.3. The number of benzene rings is 1. The molecule has 9 heteroatoms. The Balaban J connectivity index is 1.94. The first kappa shape index (κ1) is 16.7. The third kappa shape index (κ3) is 4.70. The molecule has 0 saturated heterocycles. The number of hydrogen-bond acceptors (Lipinski definition) is 5. The molecule has 0 unspecified atom stereocenters. The molecule has 1 aromatic heterocycles. The van der Waals surface area contributed by atoms with E-state index in [1.54, 1.807) is 12.1 Å². The number of carbonyl (C=O) groups excluding carboxylic acids is 1. The highest BCUT2D eigenvalue weighted by atomic mass is 127. The van der Waals surface area contributed by atoms with Crippen molar-refractivity contribution in [1.82, 2.24) is 25.5 Å². The molecule has 1 heterocycles. The number of anilines is 1. The van der Waals surface area contributed by atoms with Crippen molar-refractivity contribution in [3.8, 4) is 0 Å². The number of nitrogens with zero attached hydrogens (tertiary/aromatic N) is 4. The predicted molar refractivity (Wildman–Crippen MR) is 95.5 cm³/mol. The van der Waals surface area contributed by atoms with Crippen molar-refractivity contribution >= 4 is 51.8 Å². The van der Waals surface area contributed by atoms with Gasteiger partial charge in [-0.25, -0.2) is 0 Å². The van der Waals surface area contributed by atoms with Gasteiger partial charge >= 0.3 is 0 Å². The van der Waals surface area contributed by atoms with Gasteiger partial charge in [0.2, 0.25) is 0 Å². The molecule has 0 fully saturated rings. The smallest absolute Gasteiger partial charge is 0.269 e. The summed E-state index contributed by atoms with van der Waals surface area (Å²) >= 11 is 7.19. The zero-order valence-corrected chi connectivity index (χ0v) is 15.1. The molecular formula is C13H15IN6OS. The summed E-state index contributed by atoms with van der Waals surface area (Å²) in [5.41, 5.74) is 0.559. The summed E-state index contributed by atoms with van der Waals surface area (Å²) in [6.07, 6.45) is 0. The molecular weight excluding hydrogens is 415 g/mol. The van der Waals surface area contributed by atoms with Gasteiger partial charge in [-0.15, -0.1) is 5.10 Å². The molecule has 0 aliphatic rings. The third-order valence-corrected chi connectivity index (χ3v) is 3.70. The van der Waals surface area contributed by atoms with E-state index in [9.17, 15) is 4.79 Å². The first-order chi connectivity index (χ1) is 10.5. The normalized spacial score (nSPS) is 10.5. The number of tetrazole rings is 1. The average molecular weight is 430 g/mol. The molecule has 7 nitrogen and oxygen atoms in total. The number of carbonyl (C=O) groups is 1. The van der Waals surface area contributed by atoms with Gasteiger partial charge in [0.05, 0.1) is 12.1 Å². The van der Waals surface area contributed by atoms with Crippen LogP contribution in [0, 0.1) is 9.49 Å². The minimum atomic E-state index is -0.280. The second-order valence-electron chi connectivity index (χ2n) is 4.95. The molecule has 2 N–H and O–H groups in total. The Morgan fingerprint density at radius 1 is 1.41 bits per heavy atom. The van der Waals surface area contributed by atoms with Crippen LogP contribution in [-0.4, -0.2) is 31.2 Å². The number of aromatic nitrogens is 4. The number of amides is 1. The Hall–Kier alpha value is -1.62. The topological polar surface area (TPSA) is 84.7 Å². The molecule has 0 atom stereocenters. The van der Waals surface area contributed by atoms with E-state index in [1.165, 1.54) is 4.80 Å². The highest BCUT2D eigenvalue weighted by molar-refractivity contribution is 14.1. The van der Waals surface area contributed by atoms with Crippen molar-refractivity contribution < 1.29 is 4.79 Å². The van der Waals surface area contributed by atoms with Gasteiger partial charge in [0.15, 0.2) is 5.11 Å². The highest BCUT2D eigenvalue weighted by Crippen LogP contribution is 2.11. The summed E-state index contributed by atoms with van der Waals surface area (Å²) in [5.74, 6) is 0.389. The van der Waals surface area contributed by atoms with E-state index < -0.39 is 0 Å². The number of rotatable bonds is 4. The van der Waals surface area contributed by atoms with Crippen LogP contribution in [0.5, 0.6) is 0 Å². The maximum Gasteiger partial charge on any atom is 0.269 e. The average Bonchev–Trinajstić information content (AvgIpc) is 2.85. The van der Waals surface area contributed by atoms with Gasteiger partial charge in [0, 0.05) is 3.57 Å². The summed E-state index contributed by atoms with van der Waals surface area (Å²) in [7, 11) is 0. The SMILES string of the molecule is CC(C)Cn1nnc(NC(=S)NC(=O)c2ccccc2I)n1. The molecule has 0 spiro atoms. The molecule has 1 amide bonds. The monoisotopic (exact) mass is 430 g/mol. The summed E-state index contributed by atoms with van der Waals surface area (Å²) in [6, 6.07) is 7.25. The number of thiocarbonyl (C=S) groups is 1. The third-order valence-electron chi connectivity index (χ3n) is 2.55. The second kappa shape index (κ2) is 7.58. The zero-order valence-electron chi connectivity index (χ0n) is 12.1. The minimum absolute atomic E-state index is 0.133. The van der Waals surface area contributed by atoms with Crippen LogP contribution >= 0.6 is 34.8 Å². The Morgan fingerprint density at radius 2 is 2.14 bits per heavy atom. The van der Waals surface area contributed by atoms with Crippen LogP contribution in [0.4, 0.5) is 5.95 Å². The summed E-state index contributed by atoms with van der Waals surface area (Å²) < 4.78 is 0.849. The Labute approximate surface area is 147 Å². The number of hydrogen-bond donors (Lipinski definition) is 2. The number of nitrogens with one attached hydrogen (secondary N) is 2. The van der Waals surface area contributed by atoms with Gasteiger partial charge in [-0.1, -0.05) is 31.1 Å². The molecule has 0 saturated carbocycles. The summed E-state index contributed by atoms with van der Waals surface area (Å²) in [6.45, 7) is 4.78. The van der Waals surface area contributed by atoms with Crippen molar-refractivity contribution in [2.24, 2.45) is 5.92 Å². The molecule has 116 valence electrons. The largest absolute Gasteiger partial charge is 0.299 e. The zero-order chi connectivity index (χ0) is 16.1. The van der Waals surface area contributed by atoms with Crippen molar-refractivity contribution in [1.29, 1.82) is 0 Å². The van der Waals surface area contributed by atoms with Crippen LogP contribution in [0.3, 0.4) is 0 Å². The van der Waals surface area contributed by atoms with Crippen LogP contribution in [0.15, 0.2) is 24.3 Å². The molecule has 0 aliphatic heterocycles. The van der Waals surface area contributed by atoms with Crippen LogP contribution in [0.25, 0.3) is 0 Å². The van der Waals surface area contributed by atoms with Crippen molar-refractivity contribution in [2.75, 3.05) is 5.32 Å². The first-order valence-electron chi connectivity index (χ1n) is 6.60. The standard InChI is InChI=1S/C13H15IN6OS/c1-8(2)7-20-18-12(17-19-20)16-13(22)15-11(21)9-5-3-4-6-10(9)14/h3-6,8H,7H2,1-2H3,(H2,15,16,18,21,22). The van der Waals surface area contributed by atoms with E-state index in [-0.39, 0.29) is 17.0 Å². The second-order valence-corrected chi connectivity index (χ2v) is 6.52. The fraction of sp³-hybridized carbons (Fsp3) is 0.308. The molecule has 2 rings (SSSR count). The van der Waals surface area contributed by atoms with Crippen molar-refractivity contribution in [2.45, 2.75) is 20.4 Å². The lowest BCUT2D eigenvalue weighted by atomic mass is 10.2. The lowest BCUT2D eigenvalue weighted by Crippen LogP contribution is -2.34. The predicted octanol–water partition coefficient (Wildman–Crippen LogP) is 2.06. The lowest BCUT2D eigenvalue weighted by molar-refractivity contribution is 0.0977. The van der Waals surface area contributed by atoms with Gasteiger partial charge in [0.25, 0.3) is 11.9 Å².